The molecule has 0 aliphatic carbocycles. The van der Waals surface area contributed by atoms with Crippen LogP contribution in [0.4, 0.5) is 0 Å². The van der Waals surface area contributed by atoms with Crippen LogP contribution in [-0.4, -0.2) is 59.9 Å². The molecule has 4 rings (SSSR count). The lowest BCUT2D eigenvalue weighted by atomic mass is 9.80. The Morgan fingerprint density at radius 3 is 2.56 bits per heavy atom. The third kappa shape index (κ3) is 3.73. The van der Waals surface area contributed by atoms with Gasteiger partial charge in [-0.1, -0.05) is 30.3 Å². The summed E-state index contributed by atoms with van der Waals surface area (Å²) in [5.41, 5.74) is 8.20. The van der Waals surface area contributed by atoms with Gasteiger partial charge in [-0.2, -0.15) is 0 Å². The predicted octanol–water partition coefficient (Wildman–Crippen LogP) is 1.50. The predicted molar refractivity (Wildman–Crippen MR) is 104 cm³/mol. The smallest absolute Gasteiger partial charge is 0.245 e. The molecule has 3 aliphatic heterocycles. The molecule has 0 aromatic heterocycles. The lowest BCUT2D eigenvalue weighted by molar-refractivity contribution is -0.143. The molecule has 0 bridgehead atoms. The van der Waals surface area contributed by atoms with E-state index in [1.54, 1.807) is 4.90 Å². The van der Waals surface area contributed by atoms with E-state index >= 15 is 0 Å². The molecule has 1 aromatic carbocycles. The number of piperidine rings is 1. The number of amides is 2. The third-order valence-electron chi connectivity index (χ3n) is 6.55. The summed E-state index contributed by atoms with van der Waals surface area (Å²) >= 11 is 0. The lowest BCUT2D eigenvalue weighted by Gasteiger charge is -2.38. The van der Waals surface area contributed by atoms with Gasteiger partial charge >= 0.3 is 0 Å². The van der Waals surface area contributed by atoms with Gasteiger partial charge in [-0.25, -0.2) is 0 Å². The van der Waals surface area contributed by atoms with E-state index in [4.69, 9.17) is 0 Å². The van der Waals surface area contributed by atoms with Crippen LogP contribution in [0.5, 0.6) is 0 Å². The normalized spacial score (nSPS) is 28.0. The van der Waals surface area contributed by atoms with Crippen molar-refractivity contribution >= 4 is 11.8 Å². The first kappa shape index (κ1) is 18.4. The molecule has 146 valence electrons. The Bertz CT molecular complexity index is 672. The fourth-order valence-corrected chi connectivity index (χ4v) is 4.94. The van der Waals surface area contributed by atoms with Crippen molar-refractivity contribution in [1.29, 1.82) is 0 Å². The maximum atomic E-state index is 12.8. The van der Waals surface area contributed by atoms with Crippen molar-refractivity contribution in [2.24, 2.45) is 5.92 Å². The molecular weight excluding hydrogens is 340 g/mol. The minimum atomic E-state index is -0.320. The number of carbonyl (C=O) groups excluding carboxylic acids is 2. The van der Waals surface area contributed by atoms with Crippen molar-refractivity contribution in [1.82, 2.24) is 20.7 Å². The fraction of sp³-hybridized carbons (Fsp3) is 0.619. The van der Waals surface area contributed by atoms with Crippen LogP contribution in [0.3, 0.4) is 0 Å². The number of nitrogens with one attached hydrogen (secondary N) is 2. The number of carbonyl (C=O) groups is 2. The summed E-state index contributed by atoms with van der Waals surface area (Å²) in [6.07, 6.45) is 3.48. The zero-order valence-corrected chi connectivity index (χ0v) is 16.1. The molecule has 2 amide bonds. The second-order valence-corrected chi connectivity index (χ2v) is 8.10. The highest BCUT2D eigenvalue weighted by molar-refractivity contribution is 5.88. The SMILES string of the molecule is CC(C(=O)N1CCC(C2NNCC2c2ccccc2)CC1)N1CCCC1=O. The molecule has 2 N–H and O–H groups in total. The highest BCUT2D eigenvalue weighted by atomic mass is 16.2. The van der Waals surface area contributed by atoms with Gasteiger partial charge in [0.2, 0.25) is 11.8 Å². The summed E-state index contributed by atoms with van der Waals surface area (Å²) in [5.74, 6) is 1.26. The molecule has 3 atom stereocenters. The van der Waals surface area contributed by atoms with Crippen LogP contribution >= 0.6 is 0 Å². The minimum absolute atomic E-state index is 0.112. The van der Waals surface area contributed by atoms with E-state index in [0.717, 1.165) is 45.4 Å². The van der Waals surface area contributed by atoms with Gasteiger partial charge in [-0.15, -0.1) is 0 Å². The fourth-order valence-electron chi connectivity index (χ4n) is 4.94. The van der Waals surface area contributed by atoms with Crippen LogP contribution < -0.4 is 10.9 Å². The number of likely N-dealkylation sites (tertiary alicyclic amines) is 2. The molecule has 3 unspecified atom stereocenters. The third-order valence-corrected chi connectivity index (χ3v) is 6.55. The van der Waals surface area contributed by atoms with Gasteiger partial charge in [0.25, 0.3) is 0 Å². The molecule has 0 spiro atoms. The number of rotatable bonds is 4. The molecule has 3 aliphatic rings. The van der Waals surface area contributed by atoms with Crippen molar-refractivity contribution in [3.8, 4) is 0 Å². The number of hydrogen-bond donors (Lipinski definition) is 2. The summed E-state index contributed by atoms with van der Waals surface area (Å²) in [6, 6.07) is 10.8. The second kappa shape index (κ2) is 7.98. The summed E-state index contributed by atoms with van der Waals surface area (Å²) < 4.78 is 0. The van der Waals surface area contributed by atoms with E-state index < -0.39 is 0 Å². The van der Waals surface area contributed by atoms with Gasteiger partial charge in [0, 0.05) is 44.6 Å². The molecule has 6 nitrogen and oxygen atoms in total. The van der Waals surface area contributed by atoms with E-state index in [1.165, 1.54) is 5.56 Å². The van der Waals surface area contributed by atoms with E-state index in [2.05, 4.69) is 41.2 Å². The van der Waals surface area contributed by atoms with E-state index in [0.29, 0.717) is 24.3 Å². The van der Waals surface area contributed by atoms with Crippen LogP contribution in [0.25, 0.3) is 0 Å². The van der Waals surface area contributed by atoms with Crippen LogP contribution in [0, 0.1) is 5.92 Å². The Balaban J connectivity index is 1.34. The van der Waals surface area contributed by atoms with Crippen LogP contribution in [0.1, 0.15) is 44.1 Å². The zero-order valence-electron chi connectivity index (χ0n) is 16.1. The lowest BCUT2D eigenvalue weighted by Crippen LogP contribution is -2.51. The molecule has 3 heterocycles. The van der Waals surface area contributed by atoms with Crippen molar-refractivity contribution in [2.75, 3.05) is 26.2 Å². The van der Waals surface area contributed by atoms with E-state index in [-0.39, 0.29) is 17.9 Å². The van der Waals surface area contributed by atoms with Gasteiger partial charge in [-0.3, -0.25) is 20.4 Å². The molecule has 6 heteroatoms. The summed E-state index contributed by atoms with van der Waals surface area (Å²) in [4.78, 5) is 28.5. The Labute approximate surface area is 161 Å². The molecule has 0 radical (unpaired) electrons. The Hall–Kier alpha value is -1.92. The van der Waals surface area contributed by atoms with E-state index in [1.807, 2.05) is 11.8 Å². The molecule has 1 aromatic rings. The first-order chi connectivity index (χ1) is 13.1. The quantitative estimate of drug-likeness (QED) is 0.843. The maximum Gasteiger partial charge on any atom is 0.245 e. The first-order valence-electron chi connectivity index (χ1n) is 10.3. The Morgan fingerprint density at radius 2 is 1.89 bits per heavy atom. The first-order valence-corrected chi connectivity index (χ1v) is 10.3. The van der Waals surface area contributed by atoms with E-state index in [9.17, 15) is 9.59 Å². The minimum Gasteiger partial charge on any atom is -0.341 e. The van der Waals surface area contributed by atoms with Gasteiger partial charge < -0.3 is 9.80 Å². The summed E-state index contributed by atoms with van der Waals surface area (Å²) in [5, 5.41) is 0. The number of benzene rings is 1. The Morgan fingerprint density at radius 1 is 1.15 bits per heavy atom. The van der Waals surface area contributed by atoms with Gasteiger partial charge in [0.05, 0.1) is 0 Å². The van der Waals surface area contributed by atoms with Gasteiger partial charge in [0.1, 0.15) is 6.04 Å². The summed E-state index contributed by atoms with van der Waals surface area (Å²) in [7, 11) is 0. The molecule has 0 saturated carbocycles. The number of hydrogen-bond acceptors (Lipinski definition) is 4. The van der Waals surface area contributed by atoms with Gasteiger partial charge in [0.15, 0.2) is 0 Å². The average Bonchev–Trinajstić information content (AvgIpc) is 3.37. The zero-order chi connectivity index (χ0) is 18.8. The molecule has 27 heavy (non-hydrogen) atoms. The molecular formula is C21H30N4O2. The molecule has 3 fully saturated rings. The molecule has 3 saturated heterocycles. The standard InChI is InChI=1S/C21H30N4O2/c1-15(25-11-5-8-19(25)26)21(27)24-12-9-17(10-13-24)20-18(14-22-23-20)16-6-3-2-4-7-16/h2-4,6-7,15,17-18,20,22-23H,5,8-14H2,1H3. The van der Waals surface area contributed by atoms with Crippen LogP contribution in [-0.2, 0) is 9.59 Å². The highest BCUT2D eigenvalue weighted by Gasteiger charge is 2.38. The second-order valence-electron chi connectivity index (χ2n) is 8.10. The maximum absolute atomic E-state index is 12.8. The number of hydrazine groups is 1. The largest absolute Gasteiger partial charge is 0.341 e. The van der Waals surface area contributed by atoms with Crippen LogP contribution in [0.15, 0.2) is 30.3 Å². The van der Waals surface area contributed by atoms with Crippen molar-refractivity contribution in [3.63, 3.8) is 0 Å². The van der Waals surface area contributed by atoms with Crippen molar-refractivity contribution < 1.29 is 9.59 Å². The number of nitrogens with zero attached hydrogens (tertiary/aromatic N) is 2. The summed E-state index contributed by atoms with van der Waals surface area (Å²) in [6.45, 7) is 5.12. The van der Waals surface area contributed by atoms with Crippen molar-refractivity contribution in [2.45, 2.75) is 50.6 Å². The topological polar surface area (TPSA) is 64.7 Å². The average molecular weight is 370 g/mol. The van der Waals surface area contributed by atoms with Crippen molar-refractivity contribution in [3.05, 3.63) is 35.9 Å². The highest BCUT2D eigenvalue weighted by Crippen LogP contribution is 2.32. The monoisotopic (exact) mass is 370 g/mol. The Kier molecular flexibility index (Phi) is 5.45. The van der Waals surface area contributed by atoms with Crippen LogP contribution in [0.2, 0.25) is 0 Å². The van der Waals surface area contributed by atoms with Gasteiger partial charge in [-0.05, 0) is 37.7 Å².